The first kappa shape index (κ1) is 8.37. The van der Waals surface area contributed by atoms with Gasteiger partial charge in [-0.25, -0.2) is 0 Å². The maximum atomic E-state index is 5.48. The molecule has 0 radical (unpaired) electrons. The molecule has 1 aliphatic rings. The first-order valence-corrected chi connectivity index (χ1v) is 4.37. The van der Waals surface area contributed by atoms with E-state index in [-0.39, 0.29) is 0 Å². The van der Waals surface area contributed by atoms with Crippen LogP contribution in [0.3, 0.4) is 0 Å². The Morgan fingerprint density at radius 1 is 1.40 bits per heavy atom. The summed E-state index contributed by atoms with van der Waals surface area (Å²) in [4.78, 5) is 0. The van der Waals surface area contributed by atoms with Crippen LogP contribution in [0.4, 0.5) is 0 Å². The zero-order valence-electron chi connectivity index (χ0n) is 6.08. The van der Waals surface area contributed by atoms with E-state index in [2.05, 4.69) is 12.6 Å². The quantitative estimate of drug-likeness (QED) is 0.627. The molecule has 1 rings (SSSR count). The van der Waals surface area contributed by atoms with Gasteiger partial charge in [0.05, 0.1) is 12.7 Å². The molecule has 0 saturated carbocycles. The maximum absolute atomic E-state index is 5.48. The molecule has 60 valence electrons. The molecule has 10 heavy (non-hydrogen) atoms. The minimum Gasteiger partial charge on any atom is -0.381 e. The zero-order valence-corrected chi connectivity index (χ0v) is 6.98. The van der Waals surface area contributed by atoms with Gasteiger partial charge in [0, 0.05) is 19.0 Å². The van der Waals surface area contributed by atoms with Crippen molar-refractivity contribution in [3.8, 4) is 0 Å². The topological polar surface area (TPSA) is 18.5 Å². The van der Waals surface area contributed by atoms with Crippen LogP contribution >= 0.6 is 12.6 Å². The first-order valence-electron chi connectivity index (χ1n) is 3.73. The summed E-state index contributed by atoms with van der Waals surface area (Å²) < 4.78 is 10.7. The number of hydrogen-bond acceptors (Lipinski definition) is 3. The van der Waals surface area contributed by atoms with E-state index < -0.39 is 0 Å². The molecule has 0 aliphatic carbocycles. The highest BCUT2D eigenvalue weighted by atomic mass is 32.1. The predicted octanol–water partition coefficient (Wildman–Crippen LogP) is 1.11. The van der Waals surface area contributed by atoms with Gasteiger partial charge in [0.25, 0.3) is 0 Å². The van der Waals surface area contributed by atoms with E-state index in [0.29, 0.717) is 6.10 Å². The SMILES string of the molecule is SCCOC1CCOCC1. The Hall–Kier alpha value is 0.270. The van der Waals surface area contributed by atoms with Gasteiger partial charge in [-0.05, 0) is 12.8 Å². The molecule has 0 spiro atoms. The summed E-state index contributed by atoms with van der Waals surface area (Å²) in [5.74, 6) is 0.817. The Balaban J connectivity index is 2.02. The lowest BCUT2D eigenvalue weighted by Crippen LogP contribution is -2.23. The molecule has 0 amide bonds. The van der Waals surface area contributed by atoms with Crippen molar-refractivity contribution in [1.82, 2.24) is 0 Å². The summed E-state index contributed by atoms with van der Waals surface area (Å²) in [6, 6.07) is 0. The molecular formula is C7H14O2S. The molecule has 3 heteroatoms. The van der Waals surface area contributed by atoms with Crippen LogP contribution in [-0.2, 0) is 9.47 Å². The lowest BCUT2D eigenvalue weighted by molar-refractivity contribution is -0.0263. The van der Waals surface area contributed by atoms with Gasteiger partial charge >= 0.3 is 0 Å². The van der Waals surface area contributed by atoms with E-state index in [4.69, 9.17) is 9.47 Å². The Bertz CT molecular complexity index is 81.7. The van der Waals surface area contributed by atoms with Crippen LogP contribution in [0.5, 0.6) is 0 Å². The van der Waals surface area contributed by atoms with Gasteiger partial charge in [0.2, 0.25) is 0 Å². The van der Waals surface area contributed by atoms with E-state index in [9.17, 15) is 0 Å². The van der Waals surface area contributed by atoms with Crippen LogP contribution in [0.15, 0.2) is 0 Å². The molecule has 0 aromatic carbocycles. The van der Waals surface area contributed by atoms with Crippen molar-refractivity contribution in [3.05, 3.63) is 0 Å². The van der Waals surface area contributed by atoms with Crippen molar-refractivity contribution in [2.24, 2.45) is 0 Å². The molecule has 1 saturated heterocycles. The Morgan fingerprint density at radius 2 is 2.10 bits per heavy atom. The van der Waals surface area contributed by atoms with Crippen molar-refractivity contribution >= 4 is 12.6 Å². The van der Waals surface area contributed by atoms with Crippen molar-refractivity contribution < 1.29 is 9.47 Å². The number of thiol groups is 1. The van der Waals surface area contributed by atoms with Gasteiger partial charge in [-0.3, -0.25) is 0 Å². The third-order valence-electron chi connectivity index (χ3n) is 1.61. The monoisotopic (exact) mass is 162 g/mol. The Morgan fingerprint density at radius 3 is 2.70 bits per heavy atom. The van der Waals surface area contributed by atoms with Crippen molar-refractivity contribution in [3.63, 3.8) is 0 Å². The maximum Gasteiger partial charge on any atom is 0.0619 e. The van der Waals surface area contributed by atoms with Crippen LogP contribution in [-0.4, -0.2) is 31.7 Å². The summed E-state index contributed by atoms with van der Waals surface area (Å²) in [5, 5.41) is 0. The Labute approximate surface area is 67.3 Å². The third kappa shape index (κ3) is 2.90. The van der Waals surface area contributed by atoms with Crippen molar-refractivity contribution in [2.75, 3.05) is 25.6 Å². The molecule has 0 unspecified atom stereocenters. The molecular weight excluding hydrogens is 148 g/mol. The molecule has 1 heterocycles. The highest BCUT2D eigenvalue weighted by molar-refractivity contribution is 7.80. The van der Waals surface area contributed by atoms with E-state index in [1.54, 1.807) is 0 Å². The van der Waals surface area contributed by atoms with Gasteiger partial charge in [0.15, 0.2) is 0 Å². The fraction of sp³-hybridized carbons (Fsp3) is 1.00. The van der Waals surface area contributed by atoms with Gasteiger partial charge in [0.1, 0.15) is 0 Å². The van der Waals surface area contributed by atoms with Crippen LogP contribution in [0.2, 0.25) is 0 Å². The largest absolute Gasteiger partial charge is 0.381 e. The van der Waals surface area contributed by atoms with Crippen molar-refractivity contribution in [2.45, 2.75) is 18.9 Å². The Kier molecular flexibility index (Phi) is 4.18. The summed E-state index contributed by atoms with van der Waals surface area (Å²) in [6.45, 7) is 2.49. The van der Waals surface area contributed by atoms with E-state index in [1.165, 1.54) is 0 Å². The molecule has 0 N–H and O–H groups in total. The second-order valence-corrected chi connectivity index (χ2v) is 2.85. The highest BCUT2D eigenvalue weighted by Crippen LogP contribution is 2.09. The zero-order chi connectivity index (χ0) is 7.23. The van der Waals surface area contributed by atoms with E-state index in [0.717, 1.165) is 38.4 Å². The predicted molar refractivity (Wildman–Crippen MR) is 43.6 cm³/mol. The van der Waals surface area contributed by atoms with Gasteiger partial charge in [-0.1, -0.05) is 0 Å². The van der Waals surface area contributed by atoms with Crippen LogP contribution < -0.4 is 0 Å². The first-order chi connectivity index (χ1) is 4.93. The highest BCUT2D eigenvalue weighted by Gasteiger charge is 2.12. The minimum atomic E-state index is 0.431. The van der Waals surface area contributed by atoms with E-state index >= 15 is 0 Å². The number of rotatable bonds is 3. The van der Waals surface area contributed by atoms with E-state index in [1.807, 2.05) is 0 Å². The number of hydrogen-bond donors (Lipinski definition) is 1. The average molecular weight is 162 g/mol. The van der Waals surface area contributed by atoms with Crippen LogP contribution in [0, 0.1) is 0 Å². The molecule has 0 atom stereocenters. The van der Waals surface area contributed by atoms with Gasteiger partial charge < -0.3 is 9.47 Å². The summed E-state index contributed by atoms with van der Waals surface area (Å²) in [6.07, 6.45) is 2.53. The third-order valence-corrected chi connectivity index (χ3v) is 1.80. The molecule has 0 aromatic heterocycles. The average Bonchev–Trinajstić information content (AvgIpc) is 2.03. The lowest BCUT2D eigenvalue weighted by atomic mass is 10.2. The summed E-state index contributed by atoms with van der Waals surface area (Å²) in [5.41, 5.74) is 0. The van der Waals surface area contributed by atoms with Gasteiger partial charge in [-0.2, -0.15) is 12.6 Å². The minimum absolute atomic E-state index is 0.431. The fourth-order valence-corrected chi connectivity index (χ4v) is 1.17. The van der Waals surface area contributed by atoms with Crippen LogP contribution in [0.1, 0.15) is 12.8 Å². The van der Waals surface area contributed by atoms with Crippen LogP contribution in [0.25, 0.3) is 0 Å². The molecule has 2 nitrogen and oxygen atoms in total. The van der Waals surface area contributed by atoms with Gasteiger partial charge in [-0.15, -0.1) is 0 Å². The lowest BCUT2D eigenvalue weighted by Gasteiger charge is -2.21. The molecule has 0 bridgehead atoms. The summed E-state index contributed by atoms with van der Waals surface area (Å²) >= 11 is 4.06. The summed E-state index contributed by atoms with van der Waals surface area (Å²) in [7, 11) is 0. The second-order valence-electron chi connectivity index (χ2n) is 2.41. The second kappa shape index (κ2) is 4.99. The molecule has 0 aromatic rings. The molecule has 1 aliphatic heterocycles. The molecule has 1 fully saturated rings. The standard InChI is InChI=1S/C7H14O2S/c10-6-5-9-7-1-3-8-4-2-7/h7,10H,1-6H2. The fourth-order valence-electron chi connectivity index (χ4n) is 1.06. The normalized spacial score (nSPS) is 21.3. The number of ether oxygens (including phenoxy) is 2. The smallest absolute Gasteiger partial charge is 0.0619 e. The van der Waals surface area contributed by atoms with Crippen molar-refractivity contribution in [1.29, 1.82) is 0 Å².